The summed E-state index contributed by atoms with van der Waals surface area (Å²) in [6.07, 6.45) is 8.18. The second kappa shape index (κ2) is 5.72. The Hall–Kier alpha value is -1.39. The molecule has 1 saturated heterocycles. The topological polar surface area (TPSA) is 32.6 Å². The highest BCUT2D eigenvalue weighted by atomic mass is 15.2. The Bertz CT molecular complexity index is 499. The minimum Gasteiger partial charge on any atom is -0.318 e. The summed E-state index contributed by atoms with van der Waals surface area (Å²) >= 11 is 0. The first-order valence-electron chi connectivity index (χ1n) is 7.18. The van der Waals surface area contributed by atoms with Gasteiger partial charge in [-0.1, -0.05) is 12.5 Å². The maximum absolute atomic E-state index is 4.70. The molecule has 1 fully saturated rings. The first kappa shape index (κ1) is 12.6. The van der Waals surface area contributed by atoms with E-state index in [1.165, 1.54) is 31.5 Å². The largest absolute Gasteiger partial charge is 0.318 e. The van der Waals surface area contributed by atoms with Crippen LogP contribution in [-0.2, 0) is 6.54 Å². The van der Waals surface area contributed by atoms with E-state index in [4.69, 9.17) is 4.98 Å². The van der Waals surface area contributed by atoms with Gasteiger partial charge in [0.2, 0.25) is 0 Å². The molecule has 4 nitrogen and oxygen atoms in total. The quantitative estimate of drug-likeness (QED) is 0.909. The number of likely N-dealkylation sites (tertiary alicyclic amines) is 1. The van der Waals surface area contributed by atoms with E-state index < -0.39 is 0 Å². The van der Waals surface area contributed by atoms with Gasteiger partial charge in [-0.05, 0) is 38.6 Å². The molecule has 1 aliphatic heterocycles. The third-order valence-corrected chi connectivity index (χ3v) is 3.97. The summed E-state index contributed by atoms with van der Waals surface area (Å²) < 4.78 is 2.10. The second-order valence-electron chi connectivity index (χ2n) is 5.38. The molecule has 2 aromatic rings. The fourth-order valence-electron chi connectivity index (χ4n) is 3.01. The molecule has 0 aromatic carbocycles. The number of aromatic nitrogens is 2. The summed E-state index contributed by atoms with van der Waals surface area (Å²) in [4.78, 5) is 7.27. The average Bonchev–Trinajstić information content (AvgIpc) is 2.83. The molecule has 3 rings (SSSR count). The van der Waals surface area contributed by atoms with Crippen LogP contribution in [0.2, 0.25) is 0 Å². The highest BCUT2D eigenvalue weighted by Gasteiger charge is 2.22. The van der Waals surface area contributed by atoms with Gasteiger partial charge < -0.3 is 9.72 Å². The minimum atomic E-state index is 0.656. The Morgan fingerprint density at radius 3 is 3.16 bits per heavy atom. The molecule has 1 N–H and O–H groups in total. The van der Waals surface area contributed by atoms with E-state index >= 15 is 0 Å². The number of likely N-dealkylation sites (N-methyl/N-ethyl adjacent to an activating group) is 1. The van der Waals surface area contributed by atoms with Crippen molar-refractivity contribution in [2.24, 2.45) is 0 Å². The lowest BCUT2D eigenvalue weighted by Crippen LogP contribution is -2.44. The number of hydrogen-bond donors (Lipinski definition) is 1. The summed E-state index contributed by atoms with van der Waals surface area (Å²) in [5.74, 6) is 0. The smallest absolute Gasteiger partial charge is 0.137 e. The fourth-order valence-corrected chi connectivity index (χ4v) is 3.01. The van der Waals surface area contributed by atoms with Gasteiger partial charge in [0.15, 0.2) is 0 Å². The number of imidazole rings is 1. The van der Waals surface area contributed by atoms with E-state index in [1.807, 2.05) is 19.2 Å². The van der Waals surface area contributed by atoms with Crippen molar-refractivity contribution in [3.63, 3.8) is 0 Å². The molecule has 0 bridgehead atoms. The van der Waals surface area contributed by atoms with Gasteiger partial charge in [-0.2, -0.15) is 0 Å². The average molecular weight is 258 g/mol. The summed E-state index contributed by atoms with van der Waals surface area (Å²) in [5.41, 5.74) is 2.22. The van der Waals surface area contributed by atoms with E-state index in [0.717, 1.165) is 18.7 Å². The molecule has 1 atom stereocenters. The number of nitrogens with zero attached hydrogens (tertiary/aromatic N) is 3. The fraction of sp³-hybridized carbons (Fsp3) is 0.533. The van der Waals surface area contributed by atoms with Crippen LogP contribution in [0.3, 0.4) is 0 Å². The molecule has 0 saturated carbocycles. The van der Waals surface area contributed by atoms with Crippen LogP contribution in [0.5, 0.6) is 0 Å². The van der Waals surface area contributed by atoms with Crippen LogP contribution in [0.25, 0.3) is 5.65 Å². The molecular formula is C15H22N4. The summed E-state index contributed by atoms with van der Waals surface area (Å²) in [7, 11) is 2.04. The van der Waals surface area contributed by atoms with Crippen molar-refractivity contribution in [2.75, 3.05) is 20.1 Å². The summed E-state index contributed by atoms with van der Waals surface area (Å²) in [6, 6.07) is 6.80. The van der Waals surface area contributed by atoms with Crippen molar-refractivity contribution < 1.29 is 0 Å². The van der Waals surface area contributed by atoms with E-state index in [-0.39, 0.29) is 0 Å². The number of rotatable bonds is 4. The zero-order chi connectivity index (χ0) is 13.1. The van der Waals surface area contributed by atoms with Gasteiger partial charge in [0.25, 0.3) is 0 Å². The molecule has 1 aliphatic rings. The van der Waals surface area contributed by atoms with E-state index in [0.29, 0.717) is 6.04 Å². The molecule has 19 heavy (non-hydrogen) atoms. The Labute approximate surface area is 114 Å². The second-order valence-corrected chi connectivity index (χ2v) is 5.38. The van der Waals surface area contributed by atoms with Crippen LogP contribution < -0.4 is 5.32 Å². The van der Waals surface area contributed by atoms with Gasteiger partial charge in [-0.15, -0.1) is 0 Å². The van der Waals surface area contributed by atoms with Gasteiger partial charge in [0, 0.05) is 31.5 Å². The molecule has 0 spiro atoms. The Morgan fingerprint density at radius 1 is 1.37 bits per heavy atom. The van der Waals surface area contributed by atoms with Gasteiger partial charge in [-0.3, -0.25) is 4.90 Å². The van der Waals surface area contributed by atoms with Crippen LogP contribution in [-0.4, -0.2) is 40.5 Å². The molecule has 3 heterocycles. The lowest BCUT2D eigenvalue weighted by atomic mass is 10.0. The van der Waals surface area contributed by atoms with Crippen LogP contribution in [0.15, 0.2) is 30.6 Å². The van der Waals surface area contributed by atoms with Crippen molar-refractivity contribution in [1.82, 2.24) is 19.6 Å². The van der Waals surface area contributed by atoms with Crippen molar-refractivity contribution in [3.8, 4) is 0 Å². The third-order valence-electron chi connectivity index (χ3n) is 3.97. The molecule has 4 heteroatoms. The van der Waals surface area contributed by atoms with Crippen molar-refractivity contribution in [3.05, 3.63) is 36.3 Å². The molecule has 1 unspecified atom stereocenters. The SMILES string of the molecule is CNCC1CCCCN1Cc1cn2ccccc2n1. The number of piperidine rings is 1. The lowest BCUT2D eigenvalue weighted by molar-refractivity contribution is 0.138. The minimum absolute atomic E-state index is 0.656. The van der Waals surface area contributed by atoms with Crippen LogP contribution >= 0.6 is 0 Å². The molecule has 0 radical (unpaired) electrons. The van der Waals surface area contributed by atoms with Crippen LogP contribution in [0.1, 0.15) is 25.0 Å². The van der Waals surface area contributed by atoms with Gasteiger partial charge >= 0.3 is 0 Å². The number of nitrogens with one attached hydrogen (secondary N) is 1. The molecule has 102 valence electrons. The number of fused-ring (bicyclic) bond motifs is 1. The first-order valence-corrected chi connectivity index (χ1v) is 7.18. The molecule has 0 amide bonds. The van der Waals surface area contributed by atoms with Gasteiger partial charge in [-0.25, -0.2) is 4.98 Å². The van der Waals surface area contributed by atoms with Crippen molar-refractivity contribution >= 4 is 5.65 Å². The zero-order valence-corrected chi connectivity index (χ0v) is 11.5. The predicted molar refractivity (Wildman–Crippen MR) is 77.2 cm³/mol. The van der Waals surface area contributed by atoms with E-state index in [9.17, 15) is 0 Å². The van der Waals surface area contributed by atoms with Crippen molar-refractivity contribution in [2.45, 2.75) is 31.8 Å². The summed E-state index contributed by atoms with van der Waals surface area (Å²) in [6.45, 7) is 3.24. The van der Waals surface area contributed by atoms with E-state index in [1.54, 1.807) is 0 Å². The molecule has 2 aromatic heterocycles. The van der Waals surface area contributed by atoms with Crippen molar-refractivity contribution in [1.29, 1.82) is 0 Å². The van der Waals surface area contributed by atoms with Gasteiger partial charge in [0.1, 0.15) is 5.65 Å². The van der Waals surface area contributed by atoms with E-state index in [2.05, 4.69) is 33.1 Å². The zero-order valence-electron chi connectivity index (χ0n) is 11.5. The first-order chi connectivity index (χ1) is 9.36. The highest BCUT2D eigenvalue weighted by molar-refractivity contribution is 5.39. The monoisotopic (exact) mass is 258 g/mol. The maximum atomic E-state index is 4.70. The number of pyridine rings is 1. The normalized spacial score (nSPS) is 21.0. The third kappa shape index (κ3) is 2.80. The summed E-state index contributed by atoms with van der Waals surface area (Å²) in [5, 5.41) is 3.31. The molecular weight excluding hydrogens is 236 g/mol. The Kier molecular flexibility index (Phi) is 3.80. The lowest BCUT2D eigenvalue weighted by Gasteiger charge is -2.35. The van der Waals surface area contributed by atoms with Crippen LogP contribution in [0, 0.1) is 0 Å². The Morgan fingerprint density at radius 2 is 2.32 bits per heavy atom. The van der Waals surface area contributed by atoms with Crippen LogP contribution in [0.4, 0.5) is 0 Å². The molecule has 0 aliphatic carbocycles. The predicted octanol–water partition coefficient (Wildman–Crippen LogP) is 1.91. The highest BCUT2D eigenvalue weighted by Crippen LogP contribution is 2.19. The van der Waals surface area contributed by atoms with Gasteiger partial charge in [0.05, 0.1) is 5.69 Å². The Balaban J connectivity index is 1.75. The maximum Gasteiger partial charge on any atom is 0.137 e. The standard InChI is InChI=1S/C15H22N4/c1-16-10-14-6-2-4-8-18(14)11-13-12-19-9-5-3-7-15(19)17-13/h3,5,7,9,12,14,16H,2,4,6,8,10-11H2,1H3. The number of hydrogen-bond acceptors (Lipinski definition) is 3.